The molecule has 15 heavy (non-hydrogen) atoms. The van der Waals surface area contributed by atoms with Crippen molar-refractivity contribution in [3.05, 3.63) is 29.3 Å². The fourth-order valence-electron chi connectivity index (χ4n) is 1.21. The Hall–Kier alpha value is -0.480. The van der Waals surface area contributed by atoms with Gasteiger partial charge in [0, 0.05) is 10.2 Å². The molecule has 0 atom stereocenters. The number of benzene rings is 1. The van der Waals surface area contributed by atoms with Gasteiger partial charge in [-0.1, -0.05) is 22.0 Å². The molecule has 4 heteroatoms. The van der Waals surface area contributed by atoms with Crippen LogP contribution in [0.15, 0.2) is 23.1 Å². The first kappa shape index (κ1) is 12.6. The van der Waals surface area contributed by atoms with Gasteiger partial charge in [-0.3, -0.25) is 0 Å². The average Bonchev–Trinajstić information content (AvgIpc) is 2.28. The molecule has 0 bridgehead atoms. The standard InChI is InChI=1S/C11H13BrO2S/c1-3-14-11(13)9-6-8(7-12)4-5-10(9)15-2/h4-6H,3,7H2,1-2H3. The molecule has 0 aliphatic heterocycles. The van der Waals surface area contributed by atoms with Gasteiger partial charge in [0.05, 0.1) is 12.2 Å². The van der Waals surface area contributed by atoms with Crippen molar-refractivity contribution in [2.45, 2.75) is 17.1 Å². The van der Waals surface area contributed by atoms with Crippen LogP contribution in [0.2, 0.25) is 0 Å². The molecule has 0 fully saturated rings. The fraction of sp³-hybridized carbons (Fsp3) is 0.364. The van der Waals surface area contributed by atoms with Crippen molar-refractivity contribution in [1.29, 1.82) is 0 Å². The third-order valence-corrected chi connectivity index (χ3v) is 3.36. The first-order valence-corrected chi connectivity index (χ1v) is 6.97. The van der Waals surface area contributed by atoms with Crippen LogP contribution in [0.3, 0.4) is 0 Å². The lowest BCUT2D eigenvalue weighted by molar-refractivity contribution is 0.0522. The van der Waals surface area contributed by atoms with Crippen LogP contribution in [0, 0.1) is 0 Å². The van der Waals surface area contributed by atoms with Crippen LogP contribution in [0.1, 0.15) is 22.8 Å². The first-order valence-electron chi connectivity index (χ1n) is 4.63. The van der Waals surface area contributed by atoms with Crippen molar-refractivity contribution in [3.63, 3.8) is 0 Å². The summed E-state index contributed by atoms with van der Waals surface area (Å²) in [5.74, 6) is -0.246. The summed E-state index contributed by atoms with van der Waals surface area (Å²) in [6, 6.07) is 5.83. The molecule has 0 aliphatic carbocycles. The molecule has 0 saturated heterocycles. The Morgan fingerprint density at radius 2 is 2.27 bits per heavy atom. The minimum atomic E-state index is -0.246. The third kappa shape index (κ3) is 3.24. The zero-order valence-electron chi connectivity index (χ0n) is 8.75. The Morgan fingerprint density at radius 3 is 2.80 bits per heavy atom. The number of esters is 1. The van der Waals surface area contributed by atoms with Crippen molar-refractivity contribution < 1.29 is 9.53 Å². The molecule has 2 nitrogen and oxygen atoms in total. The monoisotopic (exact) mass is 288 g/mol. The first-order chi connectivity index (χ1) is 7.22. The van der Waals surface area contributed by atoms with Crippen LogP contribution < -0.4 is 0 Å². The summed E-state index contributed by atoms with van der Waals surface area (Å²) in [5.41, 5.74) is 1.73. The van der Waals surface area contributed by atoms with Gasteiger partial charge in [0.2, 0.25) is 0 Å². The van der Waals surface area contributed by atoms with Gasteiger partial charge in [-0.25, -0.2) is 4.79 Å². The van der Waals surface area contributed by atoms with Crippen molar-refractivity contribution in [3.8, 4) is 0 Å². The van der Waals surface area contributed by atoms with Crippen molar-refractivity contribution in [2.24, 2.45) is 0 Å². The molecule has 0 aromatic heterocycles. The number of alkyl halides is 1. The van der Waals surface area contributed by atoms with E-state index in [0.717, 1.165) is 15.8 Å². The van der Waals surface area contributed by atoms with Crippen molar-refractivity contribution in [1.82, 2.24) is 0 Å². The Kier molecular flexibility index (Phi) is 5.19. The van der Waals surface area contributed by atoms with E-state index in [1.807, 2.05) is 31.4 Å². The fourth-order valence-corrected chi connectivity index (χ4v) is 2.12. The minimum Gasteiger partial charge on any atom is -0.462 e. The predicted molar refractivity (Wildman–Crippen MR) is 66.8 cm³/mol. The Labute approximate surface area is 103 Å². The molecule has 1 aromatic carbocycles. The number of ether oxygens (including phenoxy) is 1. The lowest BCUT2D eigenvalue weighted by Crippen LogP contribution is -2.06. The maximum Gasteiger partial charge on any atom is 0.339 e. The highest BCUT2D eigenvalue weighted by molar-refractivity contribution is 9.08. The lowest BCUT2D eigenvalue weighted by Gasteiger charge is -2.08. The molecule has 0 heterocycles. The van der Waals surface area contributed by atoms with E-state index in [9.17, 15) is 4.79 Å². The maximum atomic E-state index is 11.6. The quantitative estimate of drug-likeness (QED) is 0.482. The van der Waals surface area contributed by atoms with E-state index in [2.05, 4.69) is 15.9 Å². The van der Waals surface area contributed by atoms with Gasteiger partial charge in [0.15, 0.2) is 0 Å². The average molecular weight is 289 g/mol. The van der Waals surface area contributed by atoms with E-state index in [0.29, 0.717) is 12.2 Å². The Morgan fingerprint density at radius 1 is 1.53 bits per heavy atom. The number of hydrogen-bond donors (Lipinski definition) is 0. The second-order valence-corrected chi connectivity index (χ2v) is 4.30. The molecule has 1 aromatic rings. The summed E-state index contributed by atoms with van der Waals surface area (Å²) in [5, 5.41) is 0.744. The van der Waals surface area contributed by atoms with Crippen LogP contribution in [0.4, 0.5) is 0 Å². The second-order valence-electron chi connectivity index (χ2n) is 2.89. The Bertz CT molecular complexity index is 352. The summed E-state index contributed by atoms with van der Waals surface area (Å²) >= 11 is 4.92. The van der Waals surface area contributed by atoms with Crippen LogP contribution in [-0.2, 0) is 10.1 Å². The van der Waals surface area contributed by atoms with Gasteiger partial charge in [-0.05, 0) is 30.9 Å². The summed E-state index contributed by atoms with van der Waals surface area (Å²) in [6.45, 7) is 2.22. The summed E-state index contributed by atoms with van der Waals surface area (Å²) < 4.78 is 5.00. The lowest BCUT2D eigenvalue weighted by atomic mass is 10.1. The smallest absolute Gasteiger partial charge is 0.339 e. The molecule has 0 aliphatic rings. The minimum absolute atomic E-state index is 0.246. The molecule has 0 unspecified atom stereocenters. The van der Waals surface area contributed by atoms with Crippen LogP contribution in [0.5, 0.6) is 0 Å². The second kappa shape index (κ2) is 6.18. The number of carbonyl (C=O) groups is 1. The molecule has 0 spiro atoms. The predicted octanol–water partition coefficient (Wildman–Crippen LogP) is 3.48. The van der Waals surface area contributed by atoms with Crippen LogP contribution in [0.25, 0.3) is 0 Å². The topological polar surface area (TPSA) is 26.3 Å². The third-order valence-electron chi connectivity index (χ3n) is 1.91. The molecule has 82 valence electrons. The molecule has 0 saturated carbocycles. The molecular formula is C11H13BrO2S. The SMILES string of the molecule is CCOC(=O)c1cc(CBr)ccc1SC. The van der Waals surface area contributed by atoms with Crippen molar-refractivity contribution in [2.75, 3.05) is 12.9 Å². The Balaban J connectivity index is 3.05. The van der Waals surface area contributed by atoms with Gasteiger partial charge in [-0.15, -0.1) is 11.8 Å². The largest absolute Gasteiger partial charge is 0.462 e. The van der Waals surface area contributed by atoms with E-state index in [-0.39, 0.29) is 5.97 Å². The van der Waals surface area contributed by atoms with Gasteiger partial charge in [0.25, 0.3) is 0 Å². The molecule has 0 amide bonds. The summed E-state index contributed by atoms with van der Waals surface area (Å²) in [6.07, 6.45) is 1.95. The summed E-state index contributed by atoms with van der Waals surface area (Å²) in [4.78, 5) is 12.6. The molecular weight excluding hydrogens is 276 g/mol. The highest BCUT2D eigenvalue weighted by Crippen LogP contribution is 2.23. The van der Waals surface area contributed by atoms with Crippen molar-refractivity contribution >= 4 is 33.7 Å². The summed E-state index contributed by atoms with van der Waals surface area (Å²) in [7, 11) is 0. The zero-order valence-corrected chi connectivity index (χ0v) is 11.2. The van der Waals surface area contributed by atoms with Gasteiger partial charge in [0.1, 0.15) is 0 Å². The number of carbonyl (C=O) groups excluding carboxylic acids is 1. The molecule has 0 radical (unpaired) electrons. The van der Waals surface area contributed by atoms with E-state index >= 15 is 0 Å². The molecule has 0 N–H and O–H groups in total. The maximum absolute atomic E-state index is 11.6. The van der Waals surface area contributed by atoms with E-state index in [1.54, 1.807) is 11.8 Å². The molecule has 1 rings (SSSR count). The number of hydrogen-bond acceptors (Lipinski definition) is 3. The van der Waals surface area contributed by atoms with E-state index < -0.39 is 0 Å². The van der Waals surface area contributed by atoms with Crippen LogP contribution >= 0.6 is 27.7 Å². The highest BCUT2D eigenvalue weighted by atomic mass is 79.9. The highest BCUT2D eigenvalue weighted by Gasteiger charge is 2.12. The van der Waals surface area contributed by atoms with Crippen LogP contribution in [-0.4, -0.2) is 18.8 Å². The number of thioether (sulfide) groups is 1. The zero-order chi connectivity index (χ0) is 11.3. The number of rotatable bonds is 4. The van der Waals surface area contributed by atoms with Gasteiger partial charge < -0.3 is 4.74 Å². The van der Waals surface area contributed by atoms with Gasteiger partial charge >= 0.3 is 5.97 Å². The normalized spacial score (nSPS) is 10.1. The van der Waals surface area contributed by atoms with E-state index in [1.165, 1.54) is 0 Å². The number of halogens is 1. The van der Waals surface area contributed by atoms with E-state index in [4.69, 9.17) is 4.74 Å². The van der Waals surface area contributed by atoms with Gasteiger partial charge in [-0.2, -0.15) is 0 Å².